The van der Waals surface area contributed by atoms with Gasteiger partial charge < -0.3 is 9.14 Å². The number of imidazole rings is 1. The second-order valence-corrected chi connectivity index (χ2v) is 4.48. The van der Waals surface area contributed by atoms with Crippen LogP contribution in [0.3, 0.4) is 0 Å². The quantitative estimate of drug-likeness (QED) is 0.485. The summed E-state index contributed by atoms with van der Waals surface area (Å²) in [5, 5.41) is 0. The minimum absolute atomic E-state index is 0.243. The van der Waals surface area contributed by atoms with Gasteiger partial charge in [-0.25, -0.2) is 9.78 Å². The summed E-state index contributed by atoms with van der Waals surface area (Å²) < 4.78 is 7.33. The summed E-state index contributed by atoms with van der Waals surface area (Å²) >= 11 is 2.07. The Morgan fingerprint density at radius 3 is 3.00 bits per heavy atom. The number of fused-ring (bicyclic) bond motifs is 1. The Kier molecular flexibility index (Phi) is 3.41. The van der Waals surface area contributed by atoms with Crippen molar-refractivity contribution in [2.75, 3.05) is 6.61 Å². The van der Waals surface area contributed by atoms with E-state index in [0.717, 1.165) is 9.86 Å². The molecule has 5 nitrogen and oxygen atoms in total. The van der Waals surface area contributed by atoms with Crippen molar-refractivity contribution < 1.29 is 14.3 Å². The number of hydrogen-bond acceptors (Lipinski definition) is 4. The number of nitrogens with zero attached hydrogens (tertiary/aromatic N) is 2. The van der Waals surface area contributed by atoms with Gasteiger partial charge in [0.05, 0.1) is 10.2 Å². The van der Waals surface area contributed by atoms with Crippen molar-refractivity contribution in [1.82, 2.24) is 9.38 Å². The first-order valence-corrected chi connectivity index (χ1v) is 6.04. The van der Waals surface area contributed by atoms with Crippen molar-refractivity contribution in [2.45, 2.75) is 6.92 Å². The molecule has 0 unspecified atom stereocenters. The van der Waals surface area contributed by atoms with Gasteiger partial charge in [0.25, 0.3) is 0 Å². The molecular formula is C11H9IN2O3. The maximum absolute atomic E-state index is 11.5. The third-order valence-corrected chi connectivity index (χ3v) is 2.94. The topological polar surface area (TPSA) is 60.7 Å². The van der Waals surface area contributed by atoms with Gasteiger partial charge in [-0.15, -0.1) is 0 Å². The number of rotatable bonds is 3. The van der Waals surface area contributed by atoms with Gasteiger partial charge in [0, 0.05) is 18.0 Å². The van der Waals surface area contributed by atoms with Crippen molar-refractivity contribution in [3.05, 3.63) is 33.3 Å². The van der Waals surface area contributed by atoms with E-state index in [9.17, 15) is 9.59 Å². The number of aromatic nitrogens is 2. The molecule has 88 valence electrons. The number of pyridine rings is 1. The van der Waals surface area contributed by atoms with E-state index in [0.29, 0.717) is 17.8 Å². The van der Waals surface area contributed by atoms with Gasteiger partial charge in [-0.2, -0.15) is 0 Å². The van der Waals surface area contributed by atoms with Crippen LogP contribution in [-0.2, 0) is 4.74 Å². The number of carbonyl (C=O) groups excluding carboxylic acids is 2. The SMILES string of the molecule is CCOC(=O)c1cn2cc(C=O)cc(I)c2n1. The van der Waals surface area contributed by atoms with E-state index in [1.54, 1.807) is 29.8 Å². The van der Waals surface area contributed by atoms with Gasteiger partial charge in [0.1, 0.15) is 0 Å². The highest BCUT2D eigenvalue weighted by Crippen LogP contribution is 2.15. The molecule has 2 aromatic rings. The summed E-state index contributed by atoms with van der Waals surface area (Å²) in [6, 6.07) is 1.71. The lowest BCUT2D eigenvalue weighted by atomic mass is 10.3. The first-order chi connectivity index (χ1) is 8.15. The number of carbonyl (C=O) groups is 2. The van der Waals surface area contributed by atoms with Gasteiger partial charge >= 0.3 is 5.97 Å². The summed E-state index contributed by atoms with van der Waals surface area (Å²) in [7, 11) is 0. The zero-order valence-corrected chi connectivity index (χ0v) is 11.2. The van der Waals surface area contributed by atoms with E-state index in [1.807, 2.05) is 0 Å². The lowest BCUT2D eigenvalue weighted by Crippen LogP contribution is -2.04. The monoisotopic (exact) mass is 344 g/mol. The lowest BCUT2D eigenvalue weighted by Gasteiger charge is -1.96. The van der Waals surface area contributed by atoms with Crippen LogP contribution in [-0.4, -0.2) is 28.2 Å². The predicted molar refractivity (Wildman–Crippen MR) is 69.3 cm³/mol. The number of halogens is 1. The van der Waals surface area contributed by atoms with E-state index < -0.39 is 5.97 Å². The number of aldehydes is 1. The molecular weight excluding hydrogens is 335 g/mol. The maximum atomic E-state index is 11.5. The van der Waals surface area contributed by atoms with E-state index in [4.69, 9.17) is 4.74 Å². The molecule has 0 spiro atoms. The van der Waals surface area contributed by atoms with Crippen LogP contribution in [0.25, 0.3) is 5.65 Å². The van der Waals surface area contributed by atoms with Crippen molar-refractivity contribution in [1.29, 1.82) is 0 Å². The molecule has 0 amide bonds. The van der Waals surface area contributed by atoms with Crippen LogP contribution in [0.1, 0.15) is 27.8 Å². The fourth-order valence-electron chi connectivity index (χ4n) is 1.45. The predicted octanol–water partition coefficient (Wildman–Crippen LogP) is 1.93. The van der Waals surface area contributed by atoms with E-state index in [2.05, 4.69) is 27.6 Å². The molecule has 0 atom stereocenters. The molecule has 0 bridgehead atoms. The molecule has 2 rings (SSSR count). The highest BCUT2D eigenvalue weighted by molar-refractivity contribution is 14.1. The highest BCUT2D eigenvalue weighted by atomic mass is 127. The van der Waals surface area contributed by atoms with E-state index in [-0.39, 0.29) is 5.69 Å². The van der Waals surface area contributed by atoms with Crippen LogP contribution in [0.2, 0.25) is 0 Å². The first-order valence-electron chi connectivity index (χ1n) is 4.96. The summed E-state index contributed by atoms with van der Waals surface area (Å²) in [6.45, 7) is 2.05. The van der Waals surface area contributed by atoms with Crippen LogP contribution < -0.4 is 0 Å². The maximum Gasteiger partial charge on any atom is 0.358 e. The molecule has 0 aliphatic heterocycles. The average molecular weight is 344 g/mol. The third-order valence-electron chi connectivity index (χ3n) is 2.15. The van der Waals surface area contributed by atoms with Crippen molar-refractivity contribution in [3.63, 3.8) is 0 Å². The minimum Gasteiger partial charge on any atom is -0.461 e. The van der Waals surface area contributed by atoms with Gasteiger partial charge in [-0.05, 0) is 35.6 Å². The van der Waals surface area contributed by atoms with Crippen molar-refractivity contribution in [3.8, 4) is 0 Å². The van der Waals surface area contributed by atoms with Crippen LogP contribution in [0.5, 0.6) is 0 Å². The second kappa shape index (κ2) is 4.82. The van der Waals surface area contributed by atoms with Crippen molar-refractivity contribution in [2.24, 2.45) is 0 Å². The number of esters is 1. The van der Waals surface area contributed by atoms with Crippen molar-refractivity contribution >= 4 is 40.5 Å². The smallest absolute Gasteiger partial charge is 0.358 e. The lowest BCUT2D eigenvalue weighted by molar-refractivity contribution is 0.0520. The van der Waals surface area contributed by atoms with Crippen LogP contribution in [0.4, 0.5) is 0 Å². The zero-order valence-electron chi connectivity index (χ0n) is 9.01. The molecule has 0 aromatic carbocycles. The van der Waals surface area contributed by atoms with Gasteiger partial charge in [0.15, 0.2) is 17.6 Å². The zero-order chi connectivity index (χ0) is 12.4. The normalized spacial score (nSPS) is 10.5. The molecule has 17 heavy (non-hydrogen) atoms. The van der Waals surface area contributed by atoms with Crippen LogP contribution in [0, 0.1) is 3.57 Å². The Balaban J connectivity index is 2.53. The van der Waals surface area contributed by atoms with Gasteiger partial charge in [-0.3, -0.25) is 4.79 Å². The molecule has 2 heterocycles. The molecule has 6 heteroatoms. The Labute approximate surface area is 111 Å². The van der Waals surface area contributed by atoms with Crippen LogP contribution >= 0.6 is 22.6 Å². The molecule has 0 N–H and O–H groups in total. The number of hydrogen-bond donors (Lipinski definition) is 0. The molecule has 0 radical (unpaired) electrons. The molecule has 2 aromatic heterocycles. The Morgan fingerprint density at radius 1 is 1.59 bits per heavy atom. The standard InChI is InChI=1S/C11H9IN2O3/c1-2-17-11(16)9-5-14-4-7(6-15)3-8(12)10(14)13-9/h3-6H,2H2,1H3. The molecule has 0 saturated heterocycles. The Morgan fingerprint density at radius 2 is 2.35 bits per heavy atom. The summed E-state index contributed by atoms with van der Waals surface area (Å²) in [4.78, 5) is 26.4. The molecule has 0 aliphatic carbocycles. The fourth-order valence-corrected chi connectivity index (χ4v) is 2.20. The highest BCUT2D eigenvalue weighted by Gasteiger charge is 2.13. The summed E-state index contributed by atoms with van der Waals surface area (Å²) in [5.74, 6) is -0.459. The van der Waals surface area contributed by atoms with Gasteiger partial charge in [0.2, 0.25) is 0 Å². The minimum atomic E-state index is -0.459. The fraction of sp³-hybridized carbons (Fsp3) is 0.182. The van der Waals surface area contributed by atoms with Crippen LogP contribution in [0.15, 0.2) is 18.5 Å². The van der Waals surface area contributed by atoms with E-state index in [1.165, 1.54) is 0 Å². The first kappa shape index (κ1) is 12.0. The molecule has 0 fully saturated rings. The Bertz CT molecular complexity index is 592. The third kappa shape index (κ3) is 2.31. The number of ether oxygens (including phenoxy) is 1. The van der Waals surface area contributed by atoms with Gasteiger partial charge in [-0.1, -0.05) is 0 Å². The molecule has 0 aliphatic rings. The largest absolute Gasteiger partial charge is 0.461 e. The Hall–Kier alpha value is -1.44. The second-order valence-electron chi connectivity index (χ2n) is 3.32. The molecule has 0 saturated carbocycles. The summed E-state index contributed by atoms with van der Waals surface area (Å²) in [6.07, 6.45) is 3.94. The summed E-state index contributed by atoms with van der Waals surface area (Å²) in [5.41, 5.74) is 1.42. The average Bonchev–Trinajstić information content (AvgIpc) is 2.73. The van der Waals surface area contributed by atoms with E-state index >= 15 is 0 Å².